The van der Waals surface area contributed by atoms with E-state index in [4.69, 9.17) is 4.74 Å². The van der Waals surface area contributed by atoms with Crippen molar-refractivity contribution in [3.05, 3.63) is 64.7 Å². The van der Waals surface area contributed by atoms with E-state index in [2.05, 4.69) is 5.32 Å². The average molecular weight is 373 g/mol. The molecule has 0 aliphatic heterocycles. The summed E-state index contributed by atoms with van der Waals surface area (Å²) in [6, 6.07) is 12.0. The smallest absolute Gasteiger partial charge is 0.337 e. The van der Waals surface area contributed by atoms with Crippen LogP contribution in [0.3, 0.4) is 0 Å². The molecule has 0 radical (unpaired) electrons. The highest BCUT2D eigenvalue weighted by Crippen LogP contribution is 2.23. The van der Waals surface area contributed by atoms with Gasteiger partial charge in [0.15, 0.2) is 0 Å². The number of esters is 1. The van der Waals surface area contributed by atoms with Crippen molar-refractivity contribution >= 4 is 5.97 Å². The first-order valence-corrected chi connectivity index (χ1v) is 8.79. The quantitative estimate of drug-likeness (QED) is 0.530. The van der Waals surface area contributed by atoms with Crippen LogP contribution >= 0.6 is 0 Å². The van der Waals surface area contributed by atoms with Crippen LogP contribution in [0.4, 0.5) is 0 Å². The van der Waals surface area contributed by atoms with Crippen LogP contribution in [0.25, 0.3) is 0 Å². The minimum absolute atomic E-state index is 0.0112. The molecule has 0 spiro atoms. The van der Waals surface area contributed by atoms with Crippen LogP contribution in [-0.2, 0) is 17.8 Å². The Morgan fingerprint density at radius 1 is 1.19 bits per heavy atom. The average Bonchev–Trinajstić information content (AvgIpc) is 2.66. The summed E-state index contributed by atoms with van der Waals surface area (Å²) in [4.78, 5) is 11.5. The number of carbonyl (C=O) groups excluding carboxylic acids is 1. The van der Waals surface area contributed by atoms with Crippen LogP contribution in [0.1, 0.15) is 47.0 Å². The molecular weight excluding hydrogens is 346 g/mol. The zero-order valence-electron chi connectivity index (χ0n) is 15.9. The van der Waals surface area contributed by atoms with Crippen molar-refractivity contribution < 1.29 is 24.9 Å². The van der Waals surface area contributed by atoms with E-state index in [-0.39, 0.29) is 23.9 Å². The van der Waals surface area contributed by atoms with Crippen LogP contribution < -0.4 is 5.32 Å². The predicted octanol–water partition coefficient (Wildman–Crippen LogP) is 2.32. The summed E-state index contributed by atoms with van der Waals surface area (Å²) >= 11 is 0. The standard InChI is InChI=1S/C21H27NO5/c1-21(2,11-14-4-6-15(7-5-14)20(26)27-3)22-12-19(25)16-8-9-18(24)17(10-16)13-23/h4-10,19,22-25H,11-13H2,1-3H3. The molecule has 0 saturated carbocycles. The lowest BCUT2D eigenvalue weighted by molar-refractivity contribution is 0.0600. The molecule has 6 nitrogen and oxygen atoms in total. The molecular formula is C21H27NO5. The first-order chi connectivity index (χ1) is 12.8. The molecule has 1 atom stereocenters. The van der Waals surface area contributed by atoms with Gasteiger partial charge < -0.3 is 25.4 Å². The van der Waals surface area contributed by atoms with Crippen molar-refractivity contribution in [2.75, 3.05) is 13.7 Å². The van der Waals surface area contributed by atoms with Crippen LogP contribution in [0.2, 0.25) is 0 Å². The van der Waals surface area contributed by atoms with Crippen LogP contribution in [0.5, 0.6) is 5.75 Å². The number of hydrogen-bond donors (Lipinski definition) is 4. The molecule has 0 aliphatic rings. The highest BCUT2D eigenvalue weighted by Gasteiger charge is 2.20. The number of carbonyl (C=O) groups is 1. The minimum Gasteiger partial charge on any atom is -0.508 e. The lowest BCUT2D eigenvalue weighted by Gasteiger charge is -2.28. The van der Waals surface area contributed by atoms with Crippen molar-refractivity contribution in [2.45, 2.75) is 38.5 Å². The molecule has 0 bridgehead atoms. The summed E-state index contributed by atoms with van der Waals surface area (Å²) in [5, 5.41) is 32.6. The maximum atomic E-state index is 11.5. The summed E-state index contributed by atoms with van der Waals surface area (Å²) in [5.74, 6) is -0.352. The number of methoxy groups -OCH3 is 1. The molecule has 0 aliphatic carbocycles. The van der Waals surface area contributed by atoms with E-state index in [0.29, 0.717) is 29.7 Å². The largest absolute Gasteiger partial charge is 0.508 e. The molecule has 0 amide bonds. The second-order valence-corrected chi connectivity index (χ2v) is 7.19. The number of ether oxygens (including phenoxy) is 1. The van der Waals surface area contributed by atoms with E-state index in [1.165, 1.54) is 13.2 Å². The molecule has 27 heavy (non-hydrogen) atoms. The van der Waals surface area contributed by atoms with E-state index in [0.717, 1.165) is 5.56 Å². The molecule has 146 valence electrons. The Kier molecular flexibility index (Phi) is 6.96. The zero-order chi connectivity index (χ0) is 20.0. The number of aliphatic hydroxyl groups is 2. The fraction of sp³-hybridized carbons (Fsp3) is 0.381. The Balaban J connectivity index is 1.96. The van der Waals surface area contributed by atoms with Gasteiger partial charge in [0.2, 0.25) is 0 Å². The third kappa shape index (κ3) is 5.79. The van der Waals surface area contributed by atoms with Crippen molar-refractivity contribution in [3.8, 4) is 5.75 Å². The molecule has 2 rings (SSSR count). The monoisotopic (exact) mass is 373 g/mol. The Morgan fingerprint density at radius 2 is 1.85 bits per heavy atom. The molecule has 2 aromatic carbocycles. The van der Waals surface area contributed by atoms with Crippen LogP contribution in [0.15, 0.2) is 42.5 Å². The van der Waals surface area contributed by atoms with Gasteiger partial charge in [-0.1, -0.05) is 18.2 Å². The van der Waals surface area contributed by atoms with Gasteiger partial charge in [-0.05, 0) is 55.7 Å². The van der Waals surface area contributed by atoms with E-state index >= 15 is 0 Å². The van der Waals surface area contributed by atoms with E-state index < -0.39 is 6.10 Å². The predicted molar refractivity (Wildman–Crippen MR) is 103 cm³/mol. The first-order valence-electron chi connectivity index (χ1n) is 8.79. The molecule has 1 unspecified atom stereocenters. The molecule has 0 aromatic heterocycles. The van der Waals surface area contributed by atoms with Gasteiger partial charge in [-0.15, -0.1) is 0 Å². The summed E-state index contributed by atoms with van der Waals surface area (Å²) in [6.07, 6.45) is -0.0598. The van der Waals surface area contributed by atoms with Crippen molar-refractivity contribution in [1.82, 2.24) is 5.32 Å². The van der Waals surface area contributed by atoms with E-state index in [1.807, 2.05) is 26.0 Å². The number of phenols is 1. The number of benzene rings is 2. The first kappa shape index (κ1) is 20.9. The van der Waals surface area contributed by atoms with Crippen molar-refractivity contribution in [1.29, 1.82) is 0 Å². The Morgan fingerprint density at radius 3 is 2.44 bits per heavy atom. The zero-order valence-corrected chi connectivity index (χ0v) is 15.9. The number of aromatic hydroxyl groups is 1. The Hall–Kier alpha value is -2.41. The Labute approximate surface area is 159 Å². The van der Waals surface area contributed by atoms with Gasteiger partial charge in [-0.25, -0.2) is 4.79 Å². The normalized spacial score (nSPS) is 12.6. The van der Waals surface area contributed by atoms with Gasteiger partial charge >= 0.3 is 5.97 Å². The number of hydrogen-bond acceptors (Lipinski definition) is 6. The fourth-order valence-corrected chi connectivity index (χ4v) is 2.88. The maximum absolute atomic E-state index is 11.5. The lowest BCUT2D eigenvalue weighted by atomic mass is 9.93. The molecule has 6 heteroatoms. The molecule has 0 fully saturated rings. The lowest BCUT2D eigenvalue weighted by Crippen LogP contribution is -2.43. The number of aliphatic hydroxyl groups excluding tert-OH is 2. The van der Waals surface area contributed by atoms with Gasteiger partial charge in [0, 0.05) is 17.6 Å². The summed E-state index contributed by atoms with van der Waals surface area (Å²) in [5.41, 5.74) is 2.29. The maximum Gasteiger partial charge on any atom is 0.337 e. The molecule has 4 N–H and O–H groups in total. The number of nitrogens with one attached hydrogen (secondary N) is 1. The van der Waals surface area contributed by atoms with Crippen LogP contribution in [-0.4, -0.2) is 40.5 Å². The van der Waals surface area contributed by atoms with Crippen molar-refractivity contribution in [2.24, 2.45) is 0 Å². The van der Waals surface area contributed by atoms with E-state index in [9.17, 15) is 20.1 Å². The summed E-state index contributed by atoms with van der Waals surface area (Å²) in [7, 11) is 1.35. The van der Waals surface area contributed by atoms with Gasteiger partial charge in [-0.2, -0.15) is 0 Å². The van der Waals surface area contributed by atoms with Gasteiger partial charge in [0.1, 0.15) is 5.75 Å². The third-order valence-electron chi connectivity index (χ3n) is 4.45. The topological polar surface area (TPSA) is 99.0 Å². The highest BCUT2D eigenvalue weighted by atomic mass is 16.5. The summed E-state index contributed by atoms with van der Waals surface area (Å²) < 4.78 is 4.70. The number of β-amino-alcohol motifs (C(OH)–C–C–N with tert-alkyl or cyclic N) is 1. The number of rotatable bonds is 8. The fourth-order valence-electron chi connectivity index (χ4n) is 2.88. The molecule has 2 aromatic rings. The molecule has 0 saturated heterocycles. The highest BCUT2D eigenvalue weighted by molar-refractivity contribution is 5.89. The SMILES string of the molecule is COC(=O)c1ccc(CC(C)(C)NCC(O)c2ccc(O)c(CO)c2)cc1. The summed E-state index contributed by atoms with van der Waals surface area (Å²) in [6.45, 7) is 4.10. The minimum atomic E-state index is -0.767. The van der Waals surface area contributed by atoms with Crippen molar-refractivity contribution in [3.63, 3.8) is 0 Å². The second-order valence-electron chi connectivity index (χ2n) is 7.19. The molecule has 0 heterocycles. The second kappa shape index (κ2) is 8.99. The van der Waals surface area contributed by atoms with Gasteiger partial charge in [0.25, 0.3) is 0 Å². The Bertz CT molecular complexity index is 771. The van der Waals surface area contributed by atoms with Crippen LogP contribution in [0, 0.1) is 0 Å². The van der Waals surface area contributed by atoms with Gasteiger partial charge in [-0.3, -0.25) is 0 Å². The van der Waals surface area contributed by atoms with Gasteiger partial charge in [0.05, 0.1) is 25.4 Å². The third-order valence-corrected chi connectivity index (χ3v) is 4.45. The van der Waals surface area contributed by atoms with E-state index in [1.54, 1.807) is 24.3 Å².